The molecule has 0 spiro atoms. The Balaban J connectivity index is 1.46. The molecule has 0 unspecified atom stereocenters. The number of carbonyl (C=O) groups excluding carboxylic acids is 1. The zero-order chi connectivity index (χ0) is 23.4. The Bertz CT molecular complexity index is 1250. The maximum absolute atomic E-state index is 14.1. The molecule has 0 bridgehead atoms. The number of sulfonamides is 1. The van der Waals surface area contributed by atoms with Gasteiger partial charge >= 0.3 is 0 Å². The fourth-order valence-corrected chi connectivity index (χ4v) is 5.18. The van der Waals surface area contributed by atoms with Crippen molar-refractivity contribution in [3.8, 4) is 0 Å². The minimum atomic E-state index is -3.96. The lowest BCUT2D eigenvalue weighted by atomic mass is 10.1. The summed E-state index contributed by atoms with van der Waals surface area (Å²) in [5.74, 6) is -0.604. The number of pyridine rings is 1. The highest BCUT2D eigenvalue weighted by Crippen LogP contribution is 2.25. The van der Waals surface area contributed by atoms with Gasteiger partial charge in [0.15, 0.2) is 0 Å². The van der Waals surface area contributed by atoms with E-state index >= 15 is 0 Å². The Kier molecular flexibility index (Phi) is 6.92. The molecule has 1 amide bonds. The van der Waals surface area contributed by atoms with Gasteiger partial charge in [-0.15, -0.1) is 0 Å². The van der Waals surface area contributed by atoms with Crippen LogP contribution in [-0.2, 0) is 16.6 Å². The lowest BCUT2D eigenvalue weighted by molar-refractivity contribution is 0.0746. The number of halogens is 2. The van der Waals surface area contributed by atoms with Gasteiger partial charge in [0, 0.05) is 50.7 Å². The monoisotopic (exact) mass is 488 g/mol. The summed E-state index contributed by atoms with van der Waals surface area (Å²) in [6.45, 7) is 1.76. The third-order valence-electron chi connectivity index (χ3n) is 5.42. The van der Waals surface area contributed by atoms with Crippen molar-refractivity contribution in [1.82, 2.24) is 14.6 Å². The topological polar surface area (TPSA) is 82.6 Å². The summed E-state index contributed by atoms with van der Waals surface area (Å²) < 4.78 is 42.2. The molecule has 33 heavy (non-hydrogen) atoms. The Morgan fingerprint density at radius 2 is 1.82 bits per heavy atom. The van der Waals surface area contributed by atoms with Crippen LogP contribution in [-0.4, -0.2) is 50.4 Å². The van der Waals surface area contributed by atoms with E-state index in [2.05, 4.69) is 9.71 Å². The molecule has 0 saturated carbocycles. The van der Waals surface area contributed by atoms with E-state index in [4.69, 9.17) is 11.6 Å². The van der Waals surface area contributed by atoms with Crippen LogP contribution in [0.25, 0.3) is 0 Å². The number of nitrogens with one attached hydrogen (secondary N) is 1. The van der Waals surface area contributed by atoms with E-state index in [1.807, 2.05) is 4.90 Å². The van der Waals surface area contributed by atoms with Gasteiger partial charge in [-0.05, 0) is 42.0 Å². The highest BCUT2D eigenvalue weighted by molar-refractivity contribution is 7.89. The summed E-state index contributed by atoms with van der Waals surface area (Å²) in [6, 6.07) is 14.2. The molecular formula is C23H22ClFN4O3S. The summed E-state index contributed by atoms with van der Waals surface area (Å²) in [6.07, 6.45) is 3.16. The van der Waals surface area contributed by atoms with Crippen LogP contribution in [0.4, 0.5) is 10.1 Å². The van der Waals surface area contributed by atoms with E-state index in [-0.39, 0.29) is 33.8 Å². The highest BCUT2D eigenvalue weighted by atomic mass is 35.5. The molecule has 1 aliphatic heterocycles. The minimum Gasteiger partial charge on any atom is -0.366 e. The molecule has 0 radical (unpaired) electrons. The van der Waals surface area contributed by atoms with Gasteiger partial charge in [-0.1, -0.05) is 29.8 Å². The highest BCUT2D eigenvalue weighted by Gasteiger charge is 2.26. The molecule has 0 atom stereocenters. The van der Waals surface area contributed by atoms with Gasteiger partial charge in [-0.25, -0.2) is 17.5 Å². The number of hydrogen-bond acceptors (Lipinski definition) is 5. The van der Waals surface area contributed by atoms with E-state index in [0.29, 0.717) is 37.4 Å². The van der Waals surface area contributed by atoms with Crippen molar-refractivity contribution in [2.75, 3.05) is 31.1 Å². The molecule has 1 saturated heterocycles. The van der Waals surface area contributed by atoms with E-state index < -0.39 is 10.0 Å². The van der Waals surface area contributed by atoms with Gasteiger partial charge in [0.2, 0.25) is 10.0 Å². The quantitative estimate of drug-likeness (QED) is 0.575. The normalized spacial score (nSPS) is 14.4. The molecule has 1 aliphatic rings. The number of nitrogens with zero attached hydrogens (tertiary/aromatic N) is 3. The van der Waals surface area contributed by atoms with Crippen molar-refractivity contribution in [1.29, 1.82) is 0 Å². The maximum Gasteiger partial charge on any atom is 0.254 e. The van der Waals surface area contributed by atoms with Crippen molar-refractivity contribution < 1.29 is 17.6 Å². The molecule has 1 fully saturated rings. The van der Waals surface area contributed by atoms with Crippen LogP contribution in [0.3, 0.4) is 0 Å². The first-order valence-corrected chi connectivity index (χ1v) is 12.2. The van der Waals surface area contributed by atoms with Crippen molar-refractivity contribution in [2.45, 2.75) is 11.4 Å². The zero-order valence-electron chi connectivity index (χ0n) is 17.6. The molecule has 3 aromatic rings. The predicted octanol–water partition coefficient (Wildman–Crippen LogP) is 3.32. The number of benzene rings is 2. The first kappa shape index (κ1) is 23.2. The number of anilines is 1. The van der Waals surface area contributed by atoms with Gasteiger partial charge in [-0.2, -0.15) is 0 Å². The van der Waals surface area contributed by atoms with Crippen molar-refractivity contribution in [2.24, 2.45) is 0 Å². The molecule has 2 aromatic carbocycles. The summed E-state index contributed by atoms with van der Waals surface area (Å²) in [5.41, 5.74) is 1.42. The molecule has 2 heterocycles. The van der Waals surface area contributed by atoms with Crippen molar-refractivity contribution >= 4 is 33.2 Å². The second-order valence-electron chi connectivity index (χ2n) is 7.56. The predicted molar refractivity (Wildman–Crippen MR) is 124 cm³/mol. The zero-order valence-corrected chi connectivity index (χ0v) is 19.2. The third kappa shape index (κ3) is 5.32. The van der Waals surface area contributed by atoms with Crippen LogP contribution < -0.4 is 9.62 Å². The lowest BCUT2D eigenvalue weighted by Crippen LogP contribution is -2.49. The average molecular weight is 489 g/mol. The number of hydrogen-bond donors (Lipinski definition) is 1. The molecule has 10 heteroatoms. The van der Waals surface area contributed by atoms with Gasteiger partial charge in [0.25, 0.3) is 5.91 Å². The number of piperazine rings is 1. The lowest BCUT2D eigenvalue weighted by Gasteiger charge is -2.36. The van der Waals surface area contributed by atoms with Gasteiger partial charge in [-0.3, -0.25) is 9.78 Å². The van der Waals surface area contributed by atoms with Gasteiger partial charge in [0.05, 0.1) is 10.7 Å². The molecule has 1 aromatic heterocycles. The van der Waals surface area contributed by atoms with Crippen LogP contribution in [0.5, 0.6) is 0 Å². The first-order chi connectivity index (χ1) is 15.8. The molecule has 172 valence electrons. The fourth-order valence-electron chi connectivity index (χ4n) is 3.64. The standard InChI is InChI=1S/C23H22ClFN4O3S/c24-19-8-7-18(14-22(19)33(31,32)27-16-17-4-3-9-26-15-17)23(30)29-12-10-28(11-13-29)21-6-2-1-5-20(21)25/h1-9,14-15,27H,10-13,16H2. The molecule has 7 nitrogen and oxygen atoms in total. The summed E-state index contributed by atoms with van der Waals surface area (Å²) in [4.78, 5) is 20.4. The summed E-state index contributed by atoms with van der Waals surface area (Å²) in [7, 11) is -3.96. The van der Waals surface area contributed by atoms with Crippen LogP contribution in [0.2, 0.25) is 5.02 Å². The fraction of sp³-hybridized carbons (Fsp3) is 0.217. The average Bonchev–Trinajstić information content (AvgIpc) is 2.84. The Morgan fingerprint density at radius 1 is 1.06 bits per heavy atom. The van der Waals surface area contributed by atoms with Crippen molar-refractivity contribution in [3.63, 3.8) is 0 Å². The number of carbonyl (C=O) groups is 1. The Morgan fingerprint density at radius 3 is 2.52 bits per heavy atom. The van der Waals surface area contributed by atoms with Crippen LogP contribution in [0.1, 0.15) is 15.9 Å². The maximum atomic E-state index is 14.1. The minimum absolute atomic E-state index is 0.0228. The number of rotatable bonds is 6. The van der Waals surface area contributed by atoms with Gasteiger partial charge < -0.3 is 9.80 Å². The van der Waals surface area contributed by atoms with E-state index in [9.17, 15) is 17.6 Å². The van der Waals surface area contributed by atoms with Crippen LogP contribution in [0, 0.1) is 5.82 Å². The Labute approximate surface area is 196 Å². The van der Waals surface area contributed by atoms with Crippen molar-refractivity contribution in [3.05, 3.63) is 89.0 Å². The number of aromatic nitrogens is 1. The van der Waals surface area contributed by atoms with E-state index in [1.165, 1.54) is 24.3 Å². The largest absolute Gasteiger partial charge is 0.366 e. The molecule has 1 N–H and O–H groups in total. The van der Waals surface area contributed by atoms with E-state index in [1.54, 1.807) is 47.6 Å². The molecular weight excluding hydrogens is 467 g/mol. The molecule has 4 rings (SSSR count). The second kappa shape index (κ2) is 9.86. The molecule has 0 aliphatic carbocycles. The van der Waals surface area contributed by atoms with Crippen LogP contribution >= 0.6 is 11.6 Å². The SMILES string of the molecule is O=C(c1ccc(Cl)c(S(=O)(=O)NCc2cccnc2)c1)N1CCN(c2ccccc2F)CC1. The van der Waals surface area contributed by atoms with Crippen LogP contribution in [0.15, 0.2) is 71.9 Å². The number of para-hydroxylation sites is 1. The Hall–Kier alpha value is -3.01. The second-order valence-corrected chi connectivity index (χ2v) is 9.70. The first-order valence-electron chi connectivity index (χ1n) is 10.3. The number of amides is 1. The summed E-state index contributed by atoms with van der Waals surface area (Å²) >= 11 is 6.16. The van der Waals surface area contributed by atoms with E-state index in [0.717, 1.165) is 0 Å². The third-order valence-corrected chi connectivity index (χ3v) is 7.30. The van der Waals surface area contributed by atoms with Gasteiger partial charge in [0.1, 0.15) is 10.7 Å². The summed E-state index contributed by atoms with van der Waals surface area (Å²) in [5, 5.41) is 0.0228. The smallest absolute Gasteiger partial charge is 0.254 e.